The van der Waals surface area contributed by atoms with Gasteiger partial charge in [0.15, 0.2) is 18.4 Å². The topological polar surface area (TPSA) is 122 Å². The summed E-state index contributed by atoms with van der Waals surface area (Å²) < 4.78 is 0. The molecule has 0 saturated heterocycles. The van der Waals surface area contributed by atoms with Crippen molar-refractivity contribution in [2.24, 2.45) is 0 Å². The number of benzene rings is 1. The maximum absolute atomic E-state index is 12.9. The van der Waals surface area contributed by atoms with Crippen LogP contribution in [0.15, 0.2) is 54.3 Å². The zero-order valence-corrected chi connectivity index (χ0v) is 13.1. The second kappa shape index (κ2) is 8.18. The van der Waals surface area contributed by atoms with Crippen LogP contribution in [0.2, 0.25) is 0 Å². The van der Waals surface area contributed by atoms with Gasteiger partial charge in [0.05, 0.1) is 6.54 Å². The fourth-order valence-corrected chi connectivity index (χ4v) is 2.48. The third-order valence-electron chi connectivity index (χ3n) is 3.72. The number of hydrogen-bond acceptors (Lipinski definition) is 7. The third-order valence-corrected chi connectivity index (χ3v) is 3.72. The summed E-state index contributed by atoms with van der Waals surface area (Å²) in [5.74, 6) is -0.183. The molecule has 7 heteroatoms. The lowest BCUT2D eigenvalue weighted by Crippen LogP contribution is -2.53. The van der Waals surface area contributed by atoms with Gasteiger partial charge in [0.1, 0.15) is 5.54 Å². The zero-order valence-electron chi connectivity index (χ0n) is 13.1. The highest BCUT2D eigenvalue weighted by Crippen LogP contribution is 2.25. The molecule has 24 heavy (non-hydrogen) atoms. The van der Waals surface area contributed by atoms with Crippen LogP contribution in [-0.4, -0.2) is 57.4 Å². The summed E-state index contributed by atoms with van der Waals surface area (Å²) in [5, 5.41) is 41.8. The van der Waals surface area contributed by atoms with Gasteiger partial charge in [0.2, 0.25) is 0 Å². The Morgan fingerprint density at radius 1 is 1.08 bits per heavy atom. The van der Waals surface area contributed by atoms with Crippen LogP contribution in [0.5, 0.6) is 0 Å². The molecule has 0 aliphatic heterocycles. The maximum Gasteiger partial charge on any atom is 0.187 e. The van der Waals surface area contributed by atoms with E-state index in [0.29, 0.717) is 11.3 Å². The lowest BCUT2D eigenvalue weighted by molar-refractivity contribution is -0.0402. The standard InChI is InChI=1S/C17H22N2O5/c20-14(21)10-18-13-6-8-17(9-7-13,19-11-15(22)23)16(24)12-4-2-1-3-5-12/h1-8,14-15,18-23H,9-11H2. The van der Waals surface area contributed by atoms with Gasteiger partial charge in [-0.2, -0.15) is 0 Å². The lowest BCUT2D eigenvalue weighted by Gasteiger charge is -2.33. The van der Waals surface area contributed by atoms with Crippen molar-refractivity contribution in [3.05, 3.63) is 59.8 Å². The molecule has 0 amide bonds. The van der Waals surface area contributed by atoms with Gasteiger partial charge in [-0.3, -0.25) is 10.1 Å². The molecule has 1 aromatic carbocycles. The summed E-state index contributed by atoms with van der Waals surface area (Å²) in [5.41, 5.74) is 0.0808. The fraction of sp³-hybridized carbons (Fsp3) is 0.353. The maximum atomic E-state index is 12.9. The van der Waals surface area contributed by atoms with Gasteiger partial charge in [0.25, 0.3) is 0 Å². The summed E-state index contributed by atoms with van der Waals surface area (Å²) in [6.45, 7) is -0.187. The fourth-order valence-electron chi connectivity index (χ4n) is 2.48. The molecule has 6 N–H and O–H groups in total. The SMILES string of the molecule is O=C(c1ccccc1)C1(NCC(O)O)C=CC(NCC(O)O)=CC1. The second-order valence-corrected chi connectivity index (χ2v) is 5.59. The molecule has 0 bridgehead atoms. The average Bonchev–Trinajstić information content (AvgIpc) is 2.59. The smallest absolute Gasteiger partial charge is 0.187 e. The number of carbonyl (C=O) groups is 1. The Hall–Kier alpha value is -2.03. The van der Waals surface area contributed by atoms with E-state index >= 15 is 0 Å². The largest absolute Gasteiger partial charge is 0.380 e. The van der Waals surface area contributed by atoms with E-state index in [-0.39, 0.29) is 25.3 Å². The van der Waals surface area contributed by atoms with Gasteiger partial charge in [-0.25, -0.2) is 0 Å². The van der Waals surface area contributed by atoms with Crippen molar-refractivity contribution >= 4 is 5.78 Å². The number of hydrogen-bond donors (Lipinski definition) is 6. The highest BCUT2D eigenvalue weighted by atomic mass is 16.5. The number of Topliss-reactive ketones (excluding diaryl/α,β-unsaturated/α-hetero) is 1. The van der Waals surface area contributed by atoms with Crippen LogP contribution in [0.25, 0.3) is 0 Å². The predicted molar refractivity (Wildman–Crippen MR) is 87.8 cm³/mol. The van der Waals surface area contributed by atoms with Crippen molar-refractivity contribution in [3.63, 3.8) is 0 Å². The Balaban J connectivity index is 2.18. The summed E-state index contributed by atoms with van der Waals surface area (Å²) in [6, 6.07) is 8.75. The zero-order chi connectivity index (χ0) is 17.6. The van der Waals surface area contributed by atoms with E-state index < -0.39 is 18.1 Å². The summed E-state index contributed by atoms with van der Waals surface area (Å²) >= 11 is 0. The molecule has 0 radical (unpaired) electrons. The van der Waals surface area contributed by atoms with Crippen molar-refractivity contribution in [2.45, 2.75) is 24.5 Å². The summed E-state index contributed by atoms with van der Waals surface area (Å²) in [7, 11) is 0. The molecule has 0 heterocycles. The van der Waals surface area contributed by atoms with E-state index in [1.165, 1.54) is 0 Å². The minimum absolute atomic E-state index is 0.0292. The first-order valence-corrected chi connectivity index (χ1v) is 7.63. The molecule has 1 atom stereocenters. The van der Waals surface area contributed by atoms with Crippen molar-refractivity contribution in [1.82, 2.24) is 10.6 Å². The Labute approximate surface area is 139 Å². The minimum atomic E-state index is -1.58. The van der Waals surface area contributed by atoms with Crippen molar-refractivity contribution < 1.29 is 25.2 Å². The number of ketones is 1. The van der Waals surface area contributed by atoms with Gasteiger partial charge in [-0.15, -0.1) is 0 Å². The molecule has 0 saturated carbocycles. The van der Waals surface area contributed by atoms with Crippen LogP contribution in [-0.2, 0) is 0 Å². The first-order chi connectivity index (χ1) is 11.4. The van der Waals surface area contributed by atoms with Crippen LogP contribution in [0.1, 0.15) is 16.8 Å². The lowest BCUT2D eigenvalue weighted by atomic mass is 9.82. The van der Waals surface area contributed by atoms with E-state index in [2.05, 4.69) is 10.6 Å². The number of aliphatic hydroxyl groups excluding tert-OH is 2. The number of β-amino-alcohol motifs (C(OH)–C–C–N with tert-alkyl or cyclic N) is 2. The second-order valence-electron chi connectivity index (χ2n) is 5.59. The first-order valence-electron chi connectivity index (χ1n) is 7.63. The van der Waals surface area contributed by atoms with Crippen LogP contribution < -0.4 is 10.6 Å². The molecule has 1 aromatic rings. The highest BCUT2D eigenvalue weighted by Gasteiger charge is 2.37. The predicted octanol–water partition coefficient (Wildman–Crippen LogP) is -0.748. The van der Waals surface area contributed by atoms with Gasteiger partial charge < -0.3 is 25.7 Å². The average molecular weight is 334 g/mol. The molecule has 1 unspecified atom stereocenters. The van der Waals surface area contributed by atoms with E-state index in [4.69, 9.17) is 20.4 Å². The quantitative estimate of drug-likeness (QED) is 0.273. The number of carbonyl (C=O) groups excluding carboxylic acids is 1. The molecular formula is C17H22N2O5. The van der Waals surface area contributed by atoms with E-state index in [0.717, 1.165) is 0 Å². The van der Waals surface area contributed by atoms with Crippen LogP contribution in [0, 0.1) is 0 Å². The number of allylic oxidation sites excluding steroid dienone is 1. The minimum Gasteiger partial charge on any atom is -0.380 e. The van der Waals surface area contributed by atoms with Crippen molar-refractivity contribution in [3.8, 4) is 0 Å². The Morgan fingerprint density at radius 3 is 2.29 bits per heavy atom. The Bertz CT molecular complexity index is 613. The normalized spacial score (nSPS) is 20.3. The molecule has 130 valence electrons. The molecule has 0 spiro atoms. The van der Waals surface area contributed by atoms with Gasteiger partial charge in [0, 0.05) is 17.8 Å². The number of nitrogens with one attached hydrogen (secondary N) is 2. The summed E-state index contributed by atoms with van der Waals surface area (Å²) in [6.07, 6.45) is 2.29. The van der Waals surface area contributed by atoms with Crippen molar-refractivity contribution in [1.29, 1.82) is 0 Å². The molecule has 0 aromatic heterocycles. The molecule has 0 fully saturated rings. The molecule has 7 nitrogen and oxygen atoms in total. The molecule has 1 aliphatic rings. The van der Waals surface area contributed by atoms with E-state index in [9.17, 15) is 4.79 Å². The molecule has 1 aliphatic carbocycles. The van der Waals surface area contributed by atoms with Gasteiger partial charge in [-0.05, 0) is 12.5 Å². The van der Waals surface area contributed by atoms with E-state index in [1.807, 2.05) is 6.07 Å². The highest BCUT2D eigenvalue weighted by molar-refractivity contribution is 6.05. The Kier molecular flexibility index (Phi) is 6.24. The van der Waals surface area contributed by atoms with Gasteiger partial charge in [-0.1, -0.05) is 42.5 Å². The molecule has 2 rings (SSSR count). The van der Waals surface area contributed by atoms with Crippen LogP contribution >= 0.6 is 0 Å². The Morgan fingerprint density at radius 2 is 1.75 bits per heavy atom. The number of aliphatic hydroxyl groups is 4. The van der Waals surface area contributed by atoms with Crippen molar-refractivity contribution in [2.75, 3.05) is 13.1 Å². The first kappa shape index (κ1) is 18.3. The van der Waals surface area contributed by atoms with Gasteiger partial charge >= 0.3 is 0 Å². The number of rotatable bonds is 8. The van der Waals surface area contributed by atoms with Crippen LogP contribution in [0.4, 0.5) is 0 Å². The molecular weight excluding hydrogens is 312 g/mol. The van der Waals surface area contributed by atoms with Crippen LogP contribution in [0.3, 0.4) is 0 Å². The van der Waals surface area contributed by atoms with E-state index in [1.54, 1.807) is 42.5 Å². The summed E-state index contributed by atoms with van der Waals surface area (Å²) in [4.78, 5) is 12.9. The third kappa shape index (κ3) is 4.73. The monoisotopic (exact) mass is 334 g/mol.